The number of hydroxylamine groups is 1. The highest BCUT2D eigenvalue weighted by atomic mass is 16.5. The van der Waals surface area contributed by atoms with E-state index in [1.54, 1.807) is 11.9 Å². The van der Waals surface area contributed by atoms with Gasteiger partial charge in [-0.3, -0.25) is 4.65 Å². The SMILES string of the molecule is Cc1cc(C)c([N+](C)([O-])c2ccccc2)c(C)c1OCCN1CCNC1=O. The molecule has 6 heteroatoms. The summed E-state index contributed by atoms with van der Waals surface area (Å²) in [5.41, 5.74) is 4.15. The topological polar surface area (TPSA) is 64.6 Å². The number of nitrogens with zero attached hydrogens (tertiary/aromatic N) is 2. The van der Waals surface area contributed by atoms with Gasteiger partial charge in [0, 0.05) is 18.7 Å². The van der Waals surface area contributed by atoms with Crippen LogP contribution in [0.15, 0.2) is 36.4 Å². The lowest BCUT2D eigenvalue weighted by atomic mass is 10.0. The first-order chi connectivity index (χ1) is 12.8. The molecule has 0 saturated carbocycles. The summed E-state index contributed by atoms with van der Waals surface area (Å²) in [6.07, 6.45) is 0. The zero-order chi connectivity index (χ0) is 19.6. The van der Waals surface area contributed by atoms with E-state index < -0.39 is 4.65 Å². The van der Waals surface area contributed by atoms with Crippen molar-refractivity contribution in [3.05, 3.63) is 58.3 Å². The van der Waals surface area contributed by atoms with E-state index in [1.807, 2.05) is 57.2 Å². The van der Waals surface area contributed by atoms with E-state index in [0.717, 1.165) is 22.4 Å². The summed E-state index contributed by atoms with van der Waals surface area (Å²) in [5, 5.41) is 16.3. The number of quaternary nitrogens is 1. The molecule has 144 valence electrons. The number of ether oxygens (including phenoxy) is 1. The lowest BCUT2D eigenvalue weighted by molar-refractivity contribution is 0.202. The van der Waals surface area contributed by atoms with Gasteiger partial charge >= 0.3 is 6.03 Å². The van der Waals surface area contributed by atoms with Crippen LogP contribution in [0.5, 0.6) is 5.75 Å². The summed E-state index contributed by atoms with van der Waals surface area (Å²) in [6.45, 7) is 8.17. The predicted molar refractivity (Wildman–Crippen MR) is 108 cm³/mol. The first-order valence-electron chi connectivity index (χ1n) is 9.22. The number of carbonyl (C=O) groups excluding carboxylic acids is 1. The Hall–Kier alpha value is -2.57. The maximum absolute atomic E-state index is 13.6. The number of amides is 2. The standard InChI is InChI=1S/C21H27N3O3/c1-15-14-16(2)20(27-13-12-23-11-10-22-21(23)25)17(3)19(15)24(4,26)18-8-6-5-7-9-18/h5-9,14H,10-13H2,1-4H3,(H,22,25). The maximum atomic E-state index is 13.6. The summed E-state index contributed by atoms with van der Waals surface area (Å²) in [7, 11) is 1.65. The van der Waals surface area contributed by atoms with Crippen LogP contribution < -0.4 is 14.7 Å². The molecule has 1 N–H and O–H groups in total. The fraction of sp³-hybridized carbons (Fsp3) is 0.381. The predicted octanol–water partition coefficient (Wildman–Crippen LogP) is 3.78. The van der Waals surface area contributed by atoms with E-state index >= 15 is 0 Å². The molecule has 1 aliphatic rings. The van der Waals surface area contributed by atoms with Gasteiger partial charge < -0.3 is 20.2 Å². The number of hydrogen-bond donors (Lipinski definition) is 1. The van der Waals surface area contributed by atoms with Gasteiger partial charge in [0.25, 0.3) is 0 Å². The average Bonchev–Trinajstić information content (AvgIpc) is 3.03. The number of carbonyl (C=O) groups is 1. The summed E-state index contributed by atoms with van der Waals surface area (Å²) in [6, 6.07) is 11.3. The lowest BCUT2D eigenvalue weighted by Gasteiger charge is -2.40. The van der Waals surface area contributed by atoms with E-state index in [0.29, 0.717) is 37.6 Å². The minimum Gasteiger partial charge on any atom is -0.622 e. The first-order valence-corrected chi connectivity index (χ1v) is 9.22. The molecule has 0 bridgehead atoms. The summed E-state index contributed by atoms with van der Waals surface area (Å²) >= 11 is 0. The van der Waals surface area contributed by atoms with Gasteiger partial charge in [0.05, 0.1) is 19.2 Å². The molecule has 1 atom stereocenters. The zero-order valence-electron chi connectivity index (χ0n) is 16.4. The maximum Gasteiger partial charge on any atom is 0.317 e. The zero-order valence-corrected chi connectivity index (χ0v) is 16.4. The van der Waals surface area contributed by atoms with Crippen molar-refractivity contribution < 1.29 is 9.53 Å². The normalized spacial score (nSPS) is 16.2. The number of rotatable bonds is 6. The van der Waals surface area contributed by atoms with Crippen molar-refractivity contribution in [3.8, 4) is 5.75 Å². The van der Waals surface area contributed by atoms with Crippen molar-refractivity contribution in [2.24, 2.45) is 0 Å². The molecular weight excluding hydrogens is 342 g/mol. The average molecular weight is 369 g/mol. The number of urea groups is 1. The first kappa shape index (κ1) is 19.2. The molecule has 0 spiro atoms. The molecule has 1 fully saturated rings. The van der Waals surface area contributed by atoms with E-state index in [2.05, 4.69) is 5.32 Å². The molecule has 0 aromatic heterocycles. The number of aryl methyl sites for hydroxylation is 2. The Morgan fingerprint density at radius 3 is 2.52 bits per heavy atom. The van der Waals surface area contributed by atoms with Gasteiger partial charge in [-0.2, -0.15) is 0 Å². The van der Waals surface area contributed by atoms with Gasteiger partial charge in [-0.15, -0.1) is 0 Å². The van der Waals surface area contributed by atoms with Crippen LogP contribution in [0, 0.1) is 26.0 Å². The molecule has 2 aromatic rings. The summed E-state index contributed by atoms with van der Waals surface area (Å²) in [5.74, 6) is 0.728. The van der Waals surface area contributed by atoms with Gasteiger partial charge in [0.1, 0.15) is 23.7 Å². The molecule has 1 unspecified atom stereocenters. The summed E-state index contributed by atoms with van der Waals surface area (Å²) in [4.78, 5) is 13.4. The van der Waals surface area contributed by atoms with Gasteiger partial charge in [-0.05, 0) is 44.5 Å². The largest absolute Gasteiger partial charge is 0.622 e. The van der Waals surface area contributed by atoms with Gasteiger partial charge in [0.15, 0.2) is 0 Å². The minimum absolute atomic E-state index is 0.0514. The Kier molecular flexibility index (Phi) is 5.39. The Labute approximate surface area is 160 Å². The molecule has 1 heterocycles. The lowest BCUT2D eigenvalue weighted by Crippen LogP contribution is -2.34. The minimum atomic E-state index is -0.594. The number of nitrogens with one attached hydrogen (secondary N) is 1. The second-order valence-electron chi connectivity index (χ2n) is 7.14. The molecule has 1 aliphatic heterocycles. The smallest absolute Gasteiger partial charge is 0.317 e. The number of benzene rings is 2. The third-order valence-corrected chi connectivity index (χ3v) is 5.09. The molecule has 1 saturated heterocycles. The van der Waals surface area contributed by atoms with Crippen LogP contribution in [-0.4, -0.2) is 44.2 Å². The molecule has 2 amide bonds. The molecule has 27 heavy (non-hydrogen) atoms. The van der Waals surface area contributed by atoms with E-state index in [9.17, 15) is 10.0 Å². The molecular formula is C21H27N3O3. The summed E-state index contributed by atoms with van der Waals surface area (Å²) < 4.78 is 5.44. The molecule has 0 aliphatic carbocycles. The highest BCUT2D eigenvalue weighted by Gasteiger charge is 2.26. The van der Waals surface area contributed by atoms with Crippen molar-refractivity contribution in [2.45, 2.75) is 20.8 Å². The van der Waals surface area contributed by atoms with Crippen molar-refractivity contribution in [2.75, 3.05) is 33.3 Å². The van der Waals surface area contributed by atoms with E-state index in [4.69, 9.17) is 4.74 Å². The van der Waals surface area contributed by atoms with E-state index in [1.165, 1.54) is 0 Å². The fourth-order valence-electron chi connectivity index (χ4n) is 3.86. The quantitative estimate of drug-likeness (QED) is 0.622. The number of para-hydroxylation sites is 1. The second-order valence-corrected chi connectivity index (χ2v) is 7.14. The van der Waals surface area contributed by atoms with Crippen molar-refractivity contribution in [1.82, 2.24) is 14.9 Å². The van der Waals surface area contributed by atoms with Crippen LogP contribution in [0.4, 0.5) is 16.2 Å². The van der Waals surface area contributed by atoms with Gasteiger partial charge in [0.2, 0.25) is 0 Å². The fourth-order valence-corrected chi connectivity index (χ4v) is 3.86. The molecule has 0 radical (unpaired) electrons. The van der Waals surface area contributed by atoms with E-state index in [-0.39, 0.29) is 6.03 Å². The molecule has 6 nitrogen and oxygen atoms in total. The Morgan fingerprint density at radius 2 is 1.89 bits per heavy atom. The second kappa shape index (κ2) is 7.58. The van der Waals surface area contributed by atoms with Crippen molar-refractivity contribution in [3.63, 3.8) is 0 Å². The van der Waals surface area contributed by atoms with Gasteiger partial charge in [-0.25, -0.2) is 4.79 Å². The van der Waals surface area contributed by atoms with Crippen molar-refractivity contribution in [1.29, 1.82) is 0 Å². The van der Waals surface area contributed by atoms with Crippen LogP contribution in [0.25, 0.3) is 0 Å². The Balaban J connectivity index is 1.88. The van der Waals surface area contributed by atoms with Crippen LogP contribution in [0.1, 0.15) is 16.7 Å². The highest BCUT2D eigenvalue weighted by molar-refractivity contribution is 5.76. The monoisotopic (exact) mass is 369 g/mol. The highest BCUT2D eigenvalue weighted by Crippen LogP contribution is 2.41. The van der Waals surface area contributed by atoms with Crippen LogP contribution in [-0.2, 0) is 0 Å². The van der Waals surface area contributed by atoms with Gasteiger partial charge in [-0.1, -0.05) is 18.2 Å². The third kappa shape index (κ3) is 3.77. The molecule has 2 aromatic carbocycles. The third-order valence-electron chi connectivity index (χ3n) is 5.09. The van der Waals surface area contributed by atoms with Crippen molar-refractivity contribution >= 4 is 17.4 Å². The van der Waals surface area contributed by atoms with Crippen LogP contribution >= 0.6 is 0 Å². The Morgan fingerprint density at radius 1 is 1.19 bits per heavy atom. The van der Waals surface area contributed by atoms with Crippen LogP contribution in [0.3, 0.4) is 0 Å². The number of hydrogen-bond acceptors (Lipinski definition) is 3. The molecule has 3 rings (SSSR count). The van der Waals surface area contributed by atoms with Crippen LogP contribution in [0.2, 0.25) is 0 Å². The Bertz CT molecular complexity index is 834.